The summed E-state index contributed by atoms with van der Waals surface area (Å²) < 4.78 is 0. The number of fused-ring (bicyclic) bond motifs is 1. The minimum atomic E-state index is 0.0862. The van der Waals surface area contributed by atoms with Gasteiger partial charge in [0, 0.05) is 6.42 Å². The second kappa shape index (κ2) is 5.81. The Kier molecular flexibility index (Phi) is 3.51. The number of carbonyl (C=O) groups excluding carboxylic acids is 1. The van der Waals surface area contributed by atoms with E-state index in [9.17, 15) is 4.79 Å². The molecule has 2 nitrogen and oxygen atoms in total. The molecule has 0 fully saturated rings. The van der Waals surface area contributed by atoms with E-state index in [4.69, 9.17) is 4.99 Å². The van der Waals surface area contributed by atoms with Crippen molar-refractivity contribution in [2.24, 2.45) is 4.99 Å². The van der Waals surface area contributed by atoms with Crippen LogP contribution in [0.5, 0.6) is 0 Å². The molecule has 112 valence electrons. The Bertz CT molecular complexity index is 829. The van der Waals surface area contributed by atoms with E-state index >= 15 is 0 Å². The Morgan fingerprint density at radius 2 is 1.48 bits per heavy atom. The van der Waals surface area contributed by atoms with Gasteiger partial charge in [0.25, 0.3) is 0 Å². The minimum absolute atomic E-state index is 0.0862. The molecule has 0 aromatic heterocycles. The maximum atomic E-state index is 11.9. The molecule has 1 aliphatic heterocycles. The first-order valence-corrected chi connectivity index (χ1v) is 7.96. The highest BCUT2D eigenvalue weighted by Crippen LogP contribution is 2.35. The van der Waals surface area contributed by atoms with Crippen molar-refractivity contribution in [2.45, 2.75) is 18.9 Å². The van der Waals surface area contributed by atoms with E-state index in [1.807, 2.05) is 36.4 Å². The van der Waals surface area contributed by atoms with Crippen LogP contribution in [0.3, 0.4) is 0 Å². The van der Waals surface area contributed by atoms with E-state index in [-0.39, 0.29) is 11.8 Å². The molecule has 1 heterocycles. The molecule has 1 atom stereocenters. The number of nitrogens with zero attached hydrogens (tertiary/aromatic N) is 1. The summed E-state index contributed by atoms with van der Waals surface area (Å²) in [6.45, 7) is 0. The average molecular weight is 299 g/mol. The first-order chi connectivity index (χ1) is 11.3. The number of benzene rings is 2. The molecule has 0 saturated carbocycles. The zero-order chi connectivity index (χ0) is 15.6. The molecule has 2 aromatic carbocycles. The standard InChI is InChI=1S/C21H17NO/c23-17-11-12-20-19(13-17)18(15-7-3-1-4-8-15)14-21(22-20)16-9-5-2-6-10-16/h1-10,13-14,20H,11-12H2. The van der Waals surface area contributed by atoms with Crippen LogP contribution in [0.2, 0.25) is 0 Å². The molecule has 0 spiro atoms. The molecule has 0 N–H and O–H groups in total. The number of dihydropyridines is 1. The number of aliphatic imine (C=N–C) groups is 1. The second-order valence-electron chi connectivity index (χ2n) is 5.92. The summed E-state index contributed by atoms with van der Waals surface area (Å²) in [7, 11) is 0. The molecule has 1 unspecified atom stereocenters. The van der Waals surface area contributed by atoms with Gasteiger partial charge < -0.3 is 0 Å². The maximum Gasteiger partial charge on any atom is 0.156 e. The van der Waals surface area contributed by atoms with E-state index in [2.05, 4.69) is 30.3 Å². The highest BCUT2D eigenvalue weighted by Gasteiger charge is 2.28. The topological polar surface area (TPSA) is 29.4 Å². The fraction of sp³-hybridized carbons (Fsp3) is 0.143. The van der Waals surface area contributed by atoms with Crippen LogP contribution in [0.1, 0.15) is 24.0 Å². The van der Waals surface area contributed by atoms with Gasteiger partial charge in [-0.05, 0) is 40.8 Å². The van der Waals surface area contributed by atoms with Gasteiger partial charge in [-0.3, -0.25) is 9.79 Å². The van der Waals surface area contributed by atoms with Crippen molar-refractivity contribution in [3.05, 3.63) is 89.5 Å². The van der Waals surface area contributed by atoms with Crippen LogP contribution in [-0.4, -0.2) is 17.5 Å². The Labute approximate surface area is 135 Å². The molecule has 0 amide bonds. The van der Waals surface area contributed by atoms with Gasteiger partial charge in [0.1, 0.15) is 0 Å². The third-order valence-electron chi connectivity index (χ3n) is 4.38. The van der Waals surface area contributed by atoms with Crippen molar-refractivity contribution in [1.82, 2.24) is 0 Å². The Balaban J connectivity index is 1.86. The van der Waals surface area contributed by atoms with Gasteiger partial charge in [-0.1, -0.05) is 60.7 Å². The largest absolute Gasteiger partial charge is 0.295 e. The highest BCUT2D eigenvalue weighted by molar-refractivity contribution is 6.16. The van der Waals surface area contributed by atoms with Crippen LogP contribution < -0.4 is 0 Å². The predicted octanol–water partition coefficient (Wildman–Crippen LogP) is 4.23. The van der Waals surface area contributed by atoms with Crippen LogP contribution in [0, 0.1) is 0 Å². The Morgan fingerprint density at radius 3 is 2.17 bits per heavy atom. The summed E-state index contributed by atoms with van der Waals surface area (Å²) in [5.41, 5.74) is 5.45. The van der Waals surface area contributed by atoms with Gasteiger partial charge in [0.05, 0.1) is 11.8 Å². The molecule has 2 aromatic rings. The lowest BCUT2D eigenvalue weighted by atomic mass is 9.82. The zero-order valence-electron chi connectivity index (χ0n) is 12.8. The molecule has 0 saturated heterocycles. The molecule has 4 rings (SSSR count). The molecule has 1 aliphatic carbocycles. The summed E-state index contributed by atoms with van der Waals surface area (Å²) in [6.07, 6.45) is 5.29. The fourth-order valence-corrected chi connectivity index (χ4v) is 3.23. The normalized spacial score (nSPS) is 20.3. The summed E-state index contributed by atoms with van der Waals surface area (Å²) in [6, 6.07) is 20.6. The minimum Gasteiger partial charge on any atom is -0.295 e. The number of ketones is 1. The van der Waals surface area contributed by atoms with E-state index < -0.39 is 0 Å². The molecular formula is C21H17NO. The molecule has 0 radical (unpaired) electrons. The van der Waals surface area contributed by atoms with E-state index in [0.29, 0.717) is 6.42 Å². The van der Waals surface area contributed by atoms with Crippen molar-refractivity contribution in [2.75, 3.05) is 0 Å². The fourth-order valence-electron chi connectivity index (χ4n) is 3.23. The SMILES string of the molecule is O=C1C=C2C(c3ccccc3)=CC(c3ccccc3)=NC2CC1. The first kappa shape index (κ1) is 13.9. The third-order valence-corrected chi connectivity index (χ3v) is 4.38. The van der Waals surface area contributed by atoms with Crippen LogP contribution >= 0.6 is 0 Å². The van der Waals surface area contributed by atoms with Crippen LogP contribution in [0.15, 0.2) is 83.4 Å². The summed E-state index contributed by atoms with van der Waals surface area (Å²) in [4.78, 5) is 16.8. The van der Waals surface area contributed by atoms with E-state index in [0.717, 1.165) is 34.4 Å². The number of hydrogen-bond donors (Lipinski definition) is 0. The van der Waals surface area contributed by atoms with Gasteiger partial charge in [0.2, 0.25) is 0 Å². The lowest BCUT2D eigenvalue weighted by Gasteiger charge is -2.27. The van der Waals surface area contributed by atoms with Crippen molar-refractivity contribution < 1.29 is 4.79 Å². The van der Waals surface area contributed by atoms with Crippen molar-refractivity contribution >= 4 is 17.1 Å². The van der Waals surface area contributed by atoms with E-state index in [1.54, 1.807) is 6.08 Å². The smallest absolute Gasteiger partial charge is 0.156 e. The number of carbonyl (C=O) groups is 1. The molecule has 23 heavy (non-hydrogen) atoms. The third kappa shape index (κ3) is 2.68. The maximum absolute atomic E-state index is 11.9. The van der Waals surface area contributed by atoms with Gasteiger partial charge in [0.15, 0.2) is 5.78 Å². The monoisotopic (exact) mass is 299 g/mol. The predicted molar refractivity (Wildman–Crippen MR) is 93.5 cm³/mol. The van der Waals surface area contributed by atoms with Crippen molar-refractivity contribution in [3.63, 3.8) is 0 Å². The molecule has 2 aliphatic rings. The van der Waals surface area contributed by atoms with Gasteiger partial charge in [-0.2, -0.15) is 0 Å². The lowest BCUT2D eigenvalue weighted by molar-refractivity contribution is -0.115. The van der Waals surface area contributed by atoms with Gasteiger partial charge in [-0.15, -0.1) is 0 Å². The summed E-state index contributed by atoms with van der Waals surface area (Å²) >= 11 is 0. The summed E-state index contributed by atoms with van der Waals surface area (Å²) in [5.74, 6) is 0.205. The Morgan fingerprint density at radius 1 is 0.826 bits per heavy atom. The first-order valence-electron chi connectivity index (χ1n) is 7.96. The number of rotatable bonds is 2. The quantitative estimate of drug-likeness (QED) is 0.816. The summed E-state index contributed by atoms with van der Waals surface area (Å²) in [5, 5.41) is 0. The van der Waals surface area contributed by atoms with Crippen LogP contribution in [0.25, 0.3) is 5.57 Å². The highest BCUT2D eigenvalue weighted by atomic mass is 16.1. The molecule has 0 bridgehead atoms. The Hall–Kier alpha value is -2.74. The van der Waals surface area contributed by atoms with Gasteiger partial charge >= 0.3 is 0 Å². The average Bonchev–Trinajstić information content (AvgIpc) is 2.62. The van der Waals surface area contributed by atoms with E-state index in [1.165, 1.54) is 0 Å². The van der Waals surface area contributed by atoms with Gasteiger partial charge in [-0.25, -0.2) is 0 Å². The second-order valence-corrected chi connectivity index (χ2v) is 5.92. The number of hydrogen-bond acceptors (Lipinski definition) is 2. The van der Waals surface area contributed by atoms with Crippen molar-refractivity contribution in [3.8, 4) is 0 Å². The molecule has 2 heteroatoms. The van der Waals surface area contributed by atoms with Crippen LogP contribution in [0.4, 0.5) is 0 Å². The lowest BCUT2D eigenvalue weighted by Crippen LogP contribution is -2.23. The van der Waals surface area contributed by atoms with Crippen LogP contribution in [-0.2, 0) is 4.79 Å². The number of allylic oxidation sites excluding steroid dienone is 2. The van der Waals surface area contributed by atoms with Crippen molar-refractivity contribution in [1.29, 1.82) is 0 Å². The zero-order valence-corrected chi connectivity index (χ0v) is 12.8. The molecular weight excluding hydrogens is 282 g/mol.